The molecule has 0 aromatic heterocycles. The van der Waals surface area contributed by atoms with E-state index in [9.17, 15) is 9.18 Å². The van der Waals surface area contributed by atoms with Crippen LogP contribution in [-0.4, -0.2) is 20.1 Å². The Morgan fingerprint density at radius 2 is 1.71 bits per heavy atom. The van der Waals surface area contributed by atoms with E-state index in [4.69, 9.17) is 14.2 Å². The third-order valence-corrected chi connectivity index (χ3v) is 4.07. The van der Waals surface area contributed by atoms with Gasteiger partial charge >= 0.3 is 0 Å². The highest BCUT2D eigenvalue weighted by molar-refractivity contribution is 6.05. The SMILES string of the molecule is COc1ccc(OC)c(NC(=O)c2cccc(OCc3ccc(F)cc3)c2)c1. The molecule has 0 saturated carbocycles. The molecule has 0 bridgehead atoms. The van der Waals surface area contributed by atoms with Gasteiger partial charge in [0.2, 0.25) is 0 Å². The minimum atomic E-state index is -0.307. The smallest absolute Gasteiger partial charge is 0.255 e. The quantitative estimate of drug-likeness (QED) is 0.646. The van der Waals surface area contributed by atoms with Crippen LogP contribution in [-0.2, 0) is 6.61 Å². The van der Waals surface area contributed by atoms with E-state index in [-0.39, 0.29) is 18.3 Å². The van der Waals surface area contributed by atoms with Crippen LogP contribution in [0.4, 0.5) is 10.1 Å². The zero-order chi connectivity index (χ0) is 19.9. The van der Waals surface area contributed by atoms with Gasteiger partial charge in [0.1, 0.15) is 29.7 Å². The predicted octanol–water partition coefficient (Wildman–Crippen LogP) is 4.67. The average Bonchev–Trinajstić information content (AvgIpc) is 2.73. The van der Waals surface area contributed by atoms with Crippen LogP contribution < -0.4 is 19.5 Å². The van der Waals surface area contributed by atoms with Crippen LogP contribution in [0.25, 0.3) is 0 Å². The maximum Gasteiger partial charge on any atom is 0.255 e. The number of methoxy groups -OCH3 is 2. The first kappa shape index (κ1) is 19.2. The molecule has 3 aromatic rings. The Hall–Kier alpha value is -3.54. The topological polar surface area (TPSA) is 56.8 Å². The van der Waals surface area contributed by atoms with Crippen molar-refractivity contribution < 1.29 is 23.4 Å². The number of halogens is 1. The Balaban J connectivity index is 1.71. The van der Waals surface area contributed by atoms with Gasteiger partial charge in [0, 0.05) is 11.6 Å². The molecular formula is C22H20FNO4. The largest absolute Gasteiger partial charge is 0.497 e. The fourth-order valence-corrected chi connectivity index (χ4v) is 2.58. The second-order valence-electron chi connectivity index (χ2n) is 5.96. The molecule has 0 spiro atoms. The maximum absolute atomic E-state index is 13.0. The molecule has 0 fully saturated rings. The molecule has 1 N–H and O–H groups in total. The third kappa shape index (κ3) is 4.79. The molecular weight excluding hydrogens is 361 g/mol. The van der Waals surface area contributed by atoms with Crippen LogP contribution in [0.3, 0.4) is 0 Å². The highest BCUT2D eigenvalue weighted by Gasteiger charge is 2.12. The van der Waals surface area contributed by atoms with E-state index in [0.717, 1.165) is 5.56 Å². The fourth-order valence-electron chi connectivity index (χ4n) is 2.58. The number of amides is 1. The Labute approximate surface area is 162 Å². The number of hydrogen-bond acceptors (Lipinski definition) is 4. The summed E-state index contributed by atoms with van der Waals surface area (Å²) in [5, 5.41) is 2.82. The Morgan fingerprint density at radius 1 is 0.929 bits per heavy atom. The number of benzene rings is 3. The molecule has 0 aliphatic rings. The number of carbonyl (C=O) groups excluding carboxylic acids is 1. The lowest BCUT2D eigenvalue weighted by atomic mass is 10.2. The second-order valence-corrected chi connectivity index (χ2v) is 5.96. The first-order valence-electron chi connectivity index (χ1n) is 8.59. The lowest BCUT2D eigenvalue weighted by Crippen LogP contribution is -2.13. The molecule has 3 rings (SSSR count). The van der Waals surface area contributed by atoms with Gasteiger partial charge in [-0.15, -0.1) is 0 Å². The highest BCUT2D eigenvalue weighted by atomic mass is 19.1. The number of nitrogens with one attached hydrogen (secondary N) is 1. The molecule has 3 aromatic carbocycles. The van der Waals surface area contributed by atoms with Crippen molar-refractivity contribution in [2.75, 3.05) is 19.5 Å². The zero-order valence-corrected chi connectivity index (χ0v) is 15.6. The summed E-state index contributed by atoms with van der Waals surface area (Å²) >= 11 is 0. The van der Waals surface area contributed by atoms with Gasteiger partial charge in [-0.05, 0) is 48.0 Å². The summed E-state index contributed by atoms with van der Waals surface area (Å²) in [6, 6.07) is 18.0. The molecule has 1 amide bonds. The average molecular weight is 381 g/mol. The molecule has 28 heavy (non-hydrogen) atoms. The van der Waals surface area contributed by atoms with Crippen molar-refractivity contribution in [3.05, 3.63) is 83.7 Å². The van der Waals surface area contributed by atoms with Crippen molar-refractivity contribution in [1.29, 1.82) is 0 Å². The van der Waals surface area contributed by atoms with Crippen molar-refractivity contribution in [2.45, 2.75) is 6.61 Å². The number of hydrogen-bond donors (Lipinski definition) is 1. The Bertz CT molecular complexity index is 957. The second kappa shape index (κ2) is 8.90. The summed E-state index contributed by atoms with van der Waals surface area (Å²) in [7, 11) is 3.08. The van der Waals surface area contributed by atoms with Gasteiger partial charge in [-0.3, -0.25) is 4.79 Å². The Morgan fingerprint density at radius 3 is 2.43 bits per heavy atom. The third-order valence-electron chi connectivity index (χ3n) is 4.07. The van der Waals surface area contributed by atoms with E-state index in [1.165, 1.54) is 19.2 Å². The molecule has 0 radical (unpaired) electrons. The van der Waals surface area contributed by atoms with Crippen molar-refractivity contribution >= 4 is 11.6 Å². The lowest BCUT2D eigenvalue weighted by Gasteiger charge is -2.12. The van der Waals surface area contributed by atoms with Gasteiger partial charge < -0.3 is 19.5 Å². The van der Waals surface area contributed by atoms with E-state index < -0.39 is 0 Å². The minimum Gasteiger partial charge on any atom is -0.497 e. The normalized spacial score (nSPS) is 10.2. The van der Waals surface area contributed by atoms with Gasteiger partial charge in [-0.25, -0.2) is 4.39 Å². The van der Waals surface area contributed by atoms with Crippen LogP contribution in [0.1, 0.15) is 15.9 Å². The van der Waals surface area contributed by atoms with Crippen LogP contribution in [0.5, 0.6) is 17.2 Å². The van der Waals surface area contributed by atoms with Crippen LogP contribution in [0.15, 0.2) is 66.7 Å². The fraction of sp³-hybridized carbons (Fsp3) is 0.136. The summed E-state index contributed by atoms with van der Waals surface area (Å²) in [6.45, 7) is 0.273. The molecule has 144 valence electrons. The van der Waals surface area contributed by atoms with Gasteiger partial charge in [0.15, 0.2) is 0 Å². The molecule has 0 aliphatic carbocycles. The summed E-state index contributed by atoms with van der Waals surface area (Å²) < 4.78 is 29.1. The van der Waals surface area contributed by atoms with Crippen LogP contribution in [0, 0.1) is 5.82 Å². The van der Waals surface area contributed by atoms with E-state index in [1.807, 2.05) is 0 Å². The molecule has 0 saturated heterocycles. The predicted molar refractivity (Wildman–Crippen MR) is 105 cm³/mol. The van der Waals surface area contributed by atoms with E-state index >= 15 is 0 Å². The van der Waals surface area contributed by atoms with E-state index in [0.29, 0.717) is 28.5 Å². The number of carbonyl (C=O) groups is 1. The van der Waals surface area contributed by atoms with Crippen molar-refractivity contribution in [1.82, 2.24) is 0 Å². The van der Waals surface area contributed by atoms with Crippen LogP contribution in [0.2, 0.25) is 0 Å². The van der Waals surface area contributed by atoms with Gasteiger partial charge in [0.25, 0.3) is 5.91 Å². The zero-order valence-electron chi connectivity index (χ0n) is 15.6. The molecule has 0 atom stereocenters. The molecule has 0 aliphatic heterocycles. The monoisotopic (exact) mass is 381 g/mol. The van der Waals surface area contributed by atoms with Gasteiger partial charge in [0.05, 0.1) is 19.9 Å². The maximum atomic E-state index is 13.0. The standard InChI is InChI=1S/C22H20FNO4/c1-26-18-10-11-21(27-2)20(13-18)24-22(25)16-4-3-5-19(12-16)28-14-15-6-8-17(23)9-7-15/h3-13H,14H2,1-2H3,(H,24,25). The van der Waals surface area contributed by atoms with E-state index in [1.54, 1.807) is 61.7 Å². The Kier molecular flexibility index (Phi) is 6.11. The number of anilines is 1. The van der Waals surface area contributed by atoms with Gasteiger partial charge in [-0.2, -0.15) is 0 Å². The van der Waals surface area contributed by atoms with Crippen molar-refractivity contribution in [2.24, 2.45) is 0 Å². The van der Waals surface area contributed by atoms with Crippen LogP contribution >= 0.6 is 0 Å². The molecule has 5 nitrogen and oxygen atoms in total. The van der Waals surface area contributed by atoms with Gasteiger partial charge in [-0.1, -0.05) is 18.2 Å². The summed E-state index contributed by atoms with van der Waals surface area (Å²) in [6.07, 6.45) is 0. The molecule has 0 unspecified atom stereocenters. The van der Waals surface area contributed by atoms with Crippen molar-refractivity contribution in [3.8, 4) is 17.2 Å². The minimum absolute atomic E-state index is 0.273. The first-order valence-corrected chi connectivity index (χ1v) is 8.59. The summed E-state index contributed by atoms with van der Waals surface area (Å²) in [5.41, 5.74) is 1.77. The highest BCUT2D eigenvalue weighted by Crippen LogP contribution is 2.29. The summed E-state index contributed by atoms with van der Waals surface area (Å²) in [4.78, 5) is 12.6. The molecule has 0 heterocycles. The number of rotatable bonds is 7. The molecule has 6 heteroatoms. The summed E-state index contributed by atoms with van der Waals surface area (Å²) in [5.74, 6) is 1.06. The first-order chi connectivity index (χ1) is 13.6. The van der Waals surface area contributed by atoms with Crippen molar-refractivity contribution in [3.63, 3.8) is 0 Å². The van der Waals surface area contributed by atoms with E-state index in [2.05, 4.69) is 5.32 Å². The lowest BCUT2D eigenvalue weighted by molar-refractivity contribution is 0.102. The number of ether oxygens (including phenoxy) is 3.